The van der Waals surface area contributed by atoms with Crippen LogP contribution in [0.1, 0.15) is 44.6 Å². The second-order valence-corrected chi connectivity index (χ2v) is 6.83. The van der Waals surface area contributed by atoms with Crippen LogP contribution >= 0.6 is 0 Å². The third-order valence-electron chi connectivity index (χ3n) is 3.15. The molecule has 0 aliphatic carbocycles. The van der Waals surface area contributed by atoms with Gasteiger partial charge in [-0.2, -0.15) is 0 Å². The maximum Gasteiger partial charge on any atom is 0.178 e. The Morgan fingerprint density at radius 1 is 1.33 bits per heavy atom. The largest absolute Gasteiger partial charge is 0.330 e. The molecule has 18 heavy (non-hydrogen) atoms. The maximum atomic E-state index is 12.1. The SMILES string of the molecule is CCCCS(=O)(=O)c1cccc(C(C)CCN)c1. The van der Waals surface area contributed by atoms with Gasteiger partial charge in [0, 0.05) is 0 Å². The first kappa shape index (κ1) is 15.2. The van der Waals surface area contributed by atoms with Crippen molar-refractivity contribution in [2.24, 2.45) is 5.73 Å². The minimum absolute atomic E-state index is 0.234. The van der Waals surface area contributed by atoms with Crippen molar-refractivity contribution in [3.63, 3.8) is 0 Å². The summed E-state index contributed by atoms with van der Waals surface area (Å²) >= 11 is 0. The van der Waals surface area contributed by atoms with Crippen LogP contribution < -0.4 is 5.73 Å². The van der Waals surface area contributed by atoms with Crippen molar-refractivity contribution in [2.75, 3.05) is 12.3 Å². The van der Waals surface area contributed by atoms with Crippen LogP contribution in [0.5, 0.6) is 0 Å². The maximum absolute atomic E-state index is 12.1. The Kier molecular flexibility index (Phi) is 5.82. The Labute approximate surface area is 110 Å². The van der Waals surface area contributed by atoms with E-state index in [0.717, 1.165) is 18.4 Å². The molecule has 0 saturated heterocycles. The third-order valence-corrected chi connectivity index (χ3v) is 4.95. The highest BCUT2D eigenvalue weighted by Gasteiger charge is 2.15. The molecule has 0 radical (unpaired) electrons. The van der Waals surface area contributed by atoms with E-state index in [0.29, 0.717) is 23.8 Å². The molecule has 102 valence electrons. The Morgan fingerprint density at radius 2 is 2.06 bits per heavy atom. The van der Waals surface area contributed by atoms with Crippen molar-refractivity contribution >= 4 is 9.84 Å². The number of hydrogen-bond donors (Lipinski definition) is 1. The molecular weight excluding hydrogens is 246 g/mol. The fourth-order valence-corrected chi connectivity index (χ4v) is 3.39. The van der Waals surface area contributed by atoms with Crippen LogP contribution in [0.25, 0.3) is 0 Å². The molecule has 0 fully saturated rings. The molecule has 3 nitrogen and oxygen atoms in total. The van der Waals surface area contributed by atoms with Crippen molar-refractivity contribution in [1.82, 2.24) is 0 Å². The van der Waals surface area contributed by atoms with Crippen LogP contribution in [-0.4, -0.2) is 20.7 Å². The van der Waals surface area contributed by atoms with Gasteiger partial charge in [-0.05, 0) is 43.0 Å². The van der Waals surface area contributed by atoms with Crippen LogP contribution in [0.4, 0.5) is 0 Å². The van der Waals surface area contributed by atoms with Crippen LogP contribution in [0.3, 0.4) is 0 Å². The lowest BCUT2D eigenvalue weighted by molar-refractivity contribution is 0.592. The van der Waals surface area contributed by atoms with Gasteiger partial charge in [-0.25, -0.2) is 8.42 Å². The Bertz CT molecular complexity index is 468. The van der Waals surface area contributed by atoms with E-state index < -0.39 is 9.84 Å². The van der Waals surface area contributed by atoms with Gasteiger partial charge >= 0.3 is 0 Å². The van der Waals surface area contributed by atoms with Gasteiger partial charge in [0.25, 0.3) is 0 Å². The lowest BCUT2D eigenvalue weighted by Gasteiger charge is -2.12. The highest BCUT2D eigenvalue weighted by molar-refractivity contribution is 7.91. The van der Waals surface area contributed by atoms with Gasteiger partial charge < -0.3 is 5.73 Å². The number of rotatable bonds is 7. The van der Waals surface area contributed by atoms with E-state index in [1.54, 1.807) is 12.1 Å². The Balaban J connectivity index is 2.94. The molecule has 0 saturated carbocycles. The highest BCUT2D eigenvalue weighted by Crippen LogP contribution is 2.22. The predicted octanol–water partition coefficient (Wildman–Crippen LogP) is 2.71. The van der Waals surface area contributed by atoms with Gasteiger partial charge in [-0.15, -0.1) is 0 Å². The normalized spacial score (nSPS) is 13.5. The number of hydrogen-bond acceptors (Lipinski definition) is 3. The summed E-state index contributed by atoms with van der Waals surface area (Å²) in [6.45, 7) is 4.69. The molecule has 0 aromatic heterocycles. The van der Waals surface area contributed by atoms with Crippen molar-refractivity contribution in [3.8, 4) is 0 Å². The summed E-state index contributed by atoms with van der Waals surface area (Å²) in [5, 5.41) is 0. The zero-order chi connectivity index (χ0) is 13.6. The molecule has 0 bridgehead atoms. The first-order valence-corrected chi connectivity index (χ1v) is 8.19. The number of nitrogens with two attached hydrogens (primary N) is 1. The predicted molar refractivity (Wildman–Crippen MR) is 75.5 cm³/mol. The van der Waals surface area contributed by atoms with Gasteiger partial charge in [0.15, 0.2) is 9.84 Å². The van der Waals surface area contributed by atoms with E-state index in [2.05, 4.69) is 6.92 Å². The molecule has 4 heteroatoms. The van der Waals surface area contributed by atoms with Gasteiger partial charge in [0.2, 0.25) is 0 Å². The number of benzene rings is 1. The van der Waals surface area contributed by atoms with Crippen LogP contribution in [-0.2, 0) is 9.84 Å². The number of unbranched alkanes of at least 4 members (excludes halogenated alkanes) is 1. The van der Waals surface area contributed by atoms with Crippen LogP contribution in [0.15, 0.2) is 29.2 Å². The van der Waals surface area contributed by atoms with E-state index in [4.69, 9.17) is 5.73 Å². The van der Waals surface area contributed by atoms with Crippen molar-refractivity contribution in [2.45, 2.75) is 43.9 Å². The smallest absolute Gasteiger partial charge is 0.178 e. The molecule has 0 aliphatic rings. The molecule has 1 aromatic carbocycles. The summed E-state index contributed by atoms with van der Waals surface area (Å²) in [5.41, 5.74) is 6.59. The highest BCUT2D eigenvalue weighted by atomic mass is 32.2. The lowest BCUT2D eigenvalue weighted by atomic mass is 9.98. The van der Waals surface area contributed by atoms with Crippen molar-refractivity contribution in [1.29, 1.82) is 0 Å². The molecule has 2 N–H and O–H groups in total. The minimum Gasteiger partial charge on any atom is -0.330 e. The van der Waals surface area contributed by atoms with Gasteiger partial charge in [-0.1, -0.05) is 32.4 Å². The molecule has 1 unspecified atom stereocenters. The van der Waals surface area contributed by atoms with E-state index in [1.807, 2.05) is 19.1 Å². The minimum atomic E-state index is -3.12. The molecule has 1 atom stereocenters. The summed E-state index contributed by atoms with van der Waals surface area (Å²) in [7, 11) is -3.12. The van der Waals surface area contributed by atoms with E-state index >= 15 is 0 Å². The summed E-state index contributed by atoms with van der Waals surface area (Å²) in [6.07, 6.45) is 2.48. The molecule has 1 aromatic rings. The monoisotopic (exact) mass is 269 g/mol. The van der Waals surface area contributed by atoms with Crippen molar-refractivity contribution in [3.05, 3.63) is 29.8 Å². The summed E-state index contributed by atoms with van der Waals surface area (Å²) < 4.78 is 24.2. The van der Waals surface area contributed by atoms with E-state index in [-0.39, 0.29) is 5.75 Å². The van der Waals surface area contributed by atoms with Crippen LogP contribution in [0, 0.1) is 0 Å². The second kappa shape index (κ2) is 6.90. The molecular formula is C14H23NO2S. The fraction of sp³-hybridized carbons (Fsp3) is 0.571. The van der Waals surface area contributed by atoms with Gasteiger partial charge in [0.1, 0.15) is 0 Å². The van der Waals surface area contributed by atoms with Gasteiger partial charge in [-0.3, -0.25) is 0 Å². The number of sulfone groups is 1. The lowest BCUT2D eigenvalue weighted by Crippen LogP contribution is -2.08. The molecule has 0 heterocycles. The molecule has 0 spiro atoms. The van der Waals surface area contributed by atoms with Gasteiger partial charge in [0.05, 0.1) is 10.6 Å². The third kappa shape index (κ3) is 4.10. The molecule has 0 amide bonds. The summed E-state index contributed by atoms with van der Waals surface area (Å²) in [6, 6.07) is 7.27. The Hall–Kier alpha value is -0.870. The summed E-state index contributed by atoms with van der Waals surface area (Å²) in [5.74, 6) is 0.537. The first-order valence-electron chi connectivity index (χ1n) is 6.54. The Morgan fingerprint density at radius 3 is 2.67 bits per heavy atom. The quantitative estimate of drug-likeness (QED) is 0.828. The molecule has 1 rings (SSSR count). The van der Waals surface area contributed by atoms with E-state index in [1.165, 1.54) is 0 Å². The van der Waals surface area contributed by atoms with Crippen LogP contribution in [0.2, 0.25) is 0 Å². The fourth-order valence-electron chi connectivity index (χ4n) is 1.88. The van der Waals surface area contributed by atoms with Crippen molar-refractivity contribution < 1.29 is 8.42 Å². The average molecular weight is 269 g/mol. The zero-order valence-corrected chi connectivity index (χ0v) is 12.0. The zero-order valence-electron chi connectivity index (χ0n) is 11.2. The second-order valence-electron chi connectivity index (χ2n) is 4.72. The standard InChI is InChI=1S/C14H23NO2S/c1-3-4-10-18(16,17)14-7-5-6-13(11-14)12(2)8-9-15/h5-7,11-12H,3-4,8-10,15H2,1-2H3. The van der Waals surface area contributed by atoms with E-state index in [9.17, 15) is 8.42 Å². The summed E-state index contributed by atoms with van der Waals surface area (Å²) in [4.78, 5) is 0.442. The average Bonchev–Trinajstić information content (AvgIpc) is 2.37. The first-order chi connectivity index (χ1) is 8.51. The topological polar surface area (TPSA) is 60.2 Å². The molecule has 0 aliphatic heterocycles.